The van der Waals surface area contributed by atoms with Crippen molar-refractivity contribution in [1.82, 2.24) is 0 Å². The van der Waals surface area contributed by atoms with Gasteiger partial charge in [-0.15, -0.1) is 0 Å². The van der Waals surface area contributed by atoms with Gasteiger partial charge in [-0.2, -0.15) is 0 Å². The normalized spacial score (nSPS) is 33.6. The summed E-state index contributed by atoms with van der Waals surface area (Å²) in [6.45, 7) is 1.96. The summed E-state index contributed by atoms with van der Waals surface area (Å²) >= 11 is 0. The summed E-state index contributed by atoms with van der Waals surface area (Å²) in [4.78, 5) is 27.9. The summed E-state index contributed by atoms with van der Waals surface area (Å²) < 4.78 is 0. The number of rotatable bonds is 1. The largest absolute Gasteiger partial charge is 0.274 e. The van der Waals surface area contributed by atoms with Crippen LogP contribution >= 0.6 is 0 Å². The van der Waals surface area contributed by atoms with E-state index in [0.717, 1.165) is 24.1 Å². The van der Waals surface area contributed by atoms with Crippen LogP contribution in [0.15, 0.2) is 47.6 Å². The average Bonchev–Trinajstić information content (AvgIpc) is 3.27. The van der Waals surface area contributed by atoms with E-state index in [1.165, 1.54) is 29.7 Å². The lowest BCUT2D eigenvalue weighted by Crippen LogP contribution is -2.33. The fourth-order valence-corrected chi connectivity index (χ4v) is 5.55. The number of carbonyl (C=O) groups excluding carboxylic acids is 2. The average molecular weight is 333 g/mol. The molecule has 0 radical (unpaired) electrons. The third-order valence-electron chi connectivity index (χ3n) is 6.64. The number of hydrogen-bond donors (Lipinski definition) is 0. The Labute approximate surface area is 148 Å². The number of imide groups is 1. The number of amides is 2. The van der Waals surface area contributed by atoms with Gasteiger partial charge in [0.25, 0.3) is 0 Å². The van der Waals surface area contributed by atoms with E-state index in [0.29, 0.717) is 0 Å². The van der Waals surface area contributed by atoms with Gasteiger partial charge in [-0.25, -0.2) is 4.90 Å². The van der Waals surface area contributed by atoms with Crippen molar-refractivity contribution in [3.8, 4) is 0 Å². The number of hydrogen-bond acceptors (Lipinski definition) is 2. The van der Waals surface area contributed by atoms with Gasteiger partial charge in [0.05, 0.1) is 17.5 Å². The lowest BCUT2D eigenvalue weighted by Gasteiger charge is -2.23. The van der Waals surface area contributed by atoms with Crippen LogP contribution in [0, 0.1) is 30.6 Å². The number of benzene rings is 1. The van der Waals surface area contributed by atoms with Crippen molar-refractivity contribution in [1.29, 1.82) is 0 Å². The molecule has 1 saturated heterocycles. The molecule has 4 atom stereocenters. The third kappa shape index (κ3) is 1.98. The summed E-state index contributed by atoms with van der Waals surface area (Å²) in [5.74, 6) is -0.00896. The zero-order valence-corrected chi connectivity index (χ0v) is 14.6. The summed E-state index contributed by atoms with van der Waals surface area (Å²) in [5.41, 5.74) is 4.72. The molecule has 2 bridgehead atoms. The molecule has 3 aliphatic carbocycles. The van der Waals surface area contributed by atoms with Crippen molar-refractivity contribution >= 4 is 17.5 Å². The maximum atomic E-state index is 13.2. The van der Waals surface area contributed by atoms with Crippen molar-refractivity contribution in [3.05, 3.63) is 53.1 Å². The first-order chi connectivity index (χ1) is 12.2. The minimum Gasteiger partial charge on any atom is -0.274 e. The number of anilines is 1. The Balaban J connectivity index is 1.55. The van der Waals surface area contributed by atoms with Gasteiger partial charge in [-0.1, -0.05) is 47.9 Å². The summed E-state index contributed by atoms with van der Waals surface area (Å²) in [6.07, 6.45) is 10.5. The Kier molecular flexibility index (Phi) is 3.28. The first-order valence-electron chi connectivity index (χ1n) is 9.52. The SMILES string of the molecule is Cc1ccccc1N1C(=O)C2C3C=CC(C3=C3CCCCC3)C2C1=O. The third-order valence-corrected chi connectivity index (χ3v) is 6.64. The van der Waals surface area contributed by atoms with E-state index in [4.69, 9.17) is 0 Å². The van der Waals surface area contributed by atoms with E-state index in [9.17, 15) is 9.59 Å². The predicted octanol–water partition coefficient (Wildman–Crippen LogP) is 4.18. The van der Waals surface area contributed by atoms with Crippen LogP contribution in [0.4, 0.5) is 5.69 Å². The molecular weight excluding hydrogens is 310 g/mol. The molecule has 0 aromatic heterocycles. The van der Waals surface area contributed by atoms with Crippen LogP contribution in [-0.2, 0) is 9.59 Å². The van der Waals surface area contributed by atoms with Crippen LogP contribution in [0.25, 0.3) is 0 Å². The van der Waals surface area contributed by atoms with Gasteiger partial charge in [0.15, 0.2) is 0 Å². The molecule has 3 nitrogen and oxygen atoms in total. The highest BCUT2D eigenvalue weighted by atomic mass is 16.2. The van der Waals surface area contributed by atoms with E-state index in [1.807, 2.05) is 31.2 Å². The van der Waals surface area contributed by atoms with Crippen molar-refractivity contribution in [3.63, 3.8) is 0 Å². The molecule has 0 spiro atoms. The summed E-state index contributed by atoms with van der Waals surface area (Å²) in [5, 5.41) is 0. The molecule has 4 aliphatic rings. The Hall–Kier alpha value is -2.16. The maximum absolute atomic E-state index is 13.2. The standard InChI is InChI=1S/C22H23NO2/c1-13-7-5-6-10-17(13)23-21(24)19-15-11-12-16(20(19)22(23)25)18(15)14-8-3-2-4-9-14/h5-7,10-12,15-16,19-20H,2-4,8-9H2,1H3. The second-order valence-electron chi connectivity index (χ2n) is 7.91. The second-order valence-corrected chi connectivity index (χ2v) is 7.91. The quantitative estimate of drug-likeness (QED) is 0.571. The van der Waals surface area contributed by atoms with Crippen LogP contribution in [0.1, 0.15) is 37.7 Å². The molecule has 2 amide bonds. The van der Waals surface area contributed by atoms with Gasteiger partial charge >= 0.3 is 0 Å². The Morgan fingerprint density at radius 3 is 2.08 bits per heavy atom. The molecule has 1 aliphatic heterocycles. The van der Waals surface area contributed by atoms with Gasteiger partial charge < -0.3 is 0 Å². The highest BCUT2D eigenvalue weighted by molar-refractivity contribution is 6.23. The minimum atomic E-state index is -0.175. The highest BCUT2D eigenvalue weighted by Crippen LogP contribution is 2.58. The van der Waals surface area contributed by atoms with E-state index in [2.05, 4.69) is 12.2 Å². The molecule has 2 saturated carbocycles. The maximum Gasteiger partial charge on any atom is 0.238 e. The van der Waals surface area contributed by atoms with Gasteiger partial charge in [0.1, 0.15) is 0 Å². The van der Waals surface area contributed by atoms with E-state index in [1.54, 1.807) is 5.57 Å². The van der Waals surface area contributed by atoms with Crippen molar-refractivity contribution in [2.45, 2.75) is 39.0 Å². The Morgan fingerprint density at radius 2 is 1.48 bits per heavy atom. The molecule has 128 valence electrons. The number of para-hydroxylation sites is 1. The van der Waals surface area contributed by atoms with Crippen molar-refractivity contribution in [2.75, 3.05) is 4.90 Å². The first-order valence-corrected chi connectivity index (χ1v) is 9.52. The molecule has 3 fully saturated rings. The molecule has 0 N–H and O–H groups in total. The monoisotopic (exact) mass is 333 g/mol. The van der Waals surface area contributed by atoms with Crippen LogP contribution in [-0.4, -0.2) is 11.8 Å². The van der Waals surface area contributed by atoms with Gasteiger partial charge in [-0.3, -0.25) is 9.59 Å². The fourth-order valence-electron chi connectivity index (χ4n) is 5.55. The van der Waals surface area contributed by atoms with E-state index >= 15 is 0 Å². The molecule has 1 aromatic rings. The summed E-state index contributed by atoms with van der Waals surface area (Å²) in [6, 6.07) is 7.70. The number of allylic oxidation sites excluding steroid dienone is 4. The molecule has 1 aromatic carbocycles. The smallest absolute Gasteiger partial charge is 0.238 e. The Morgan fingerprint density at radius 1 is 0.880 bits per heavy atom. The first kappa shape index (κ1) is 15.1. The van der Waals surface area contributed by atoms with Crippen molar-refractivity contribution in [2.24, 2.45) is 23.7 Å². The van der Waals surface area contributed by atoms with Crippen molar-refractivity contribution < 1.29 is 9.59 Å². The molecule has 4 unspecified atom stereocenters. The fraction of sp³-hybridized carbons (Fsp3) is 0.455. The highest BCUT2D eigenvalue weighted by Gasteiger charge is 2.62. The number of aryl methyl sites for hydroxylation is 1. The molecule has 1 heterocycles. The summed E-state index contributed by atoms with van der Waals surface area (Å²) in [7, 11) is 0. The number of carbonyl (C=O) groups is 2. The zero-order valence-electron chi connectivity index (χ0n) is 14.6. The molecule has 5 rings (SSSR count). The van der Waals surface area contributed by atoms with E-state index < -0.39 is 0 Å². The second kappa shape index (κ2) is 5.42. The predicted molar refractivity (Wildman–Crippen MR) is 96.9 cm³/mol. The van der Waals surface area contributed by atoms with Crippen LogP contribution in [0.5, 0.6) is 0 Å². The van der Waals surface area contributed by atoms with Crippen LogP contribution in [0.3, 0.4) is 0 Å². The van der Waals surface area contributed by atoms with Gasteiger partial charge in [0, 0.05) is 11.8 Å². The van der Waals surface area contributed by atoms with Crippen LogP contribution in [0.2, 0.25) is 0 Å². The topological polar surface area (TPSA) is 37.4 Å². The number of nitrogens with zero attached hydrogens (tertiary/aromatic N) is 1. The van der Waals surface area contributed by atoms with Gasteiger partial charge in [-0.05, 0) is 44.2 Å². The van der Waals surface area contributed by atoms with Crippen LogP contribution < -0.4 is 4.90 Å². The lowest BCUT2D eigenvalue weighted by molar-refractivity contribution is -0.122. The van der Waals surface area contributed by atoms with E-state index in [-0.39, 0.29) is 35.5 Å². The molecule has 25 heavy (non-hydrogen) atoms. The molecular formula is C22H23NO2. The molecule has 3 heteroatoms. The minimum absolute atomic E-state index is 0.00931. The number of fused-ring (bicyclic) bond motifs is 5. The Bertz CT molecular complexity index is 792. The lowest BCUT2D eigenvalue weighted by atomic mass is 9.85. The van der Waals surface area contributed by atoms with Gasteiger partial charge in [0.2, 0.25) is 11.8 Å². The zero-order chi connectivity index (χ0) is 17.1.